The van der Waals surface area contributed by atoms with Gasteiger partial charge in [0.05, 0.1) is 12.3 Å². The van der Waals surface area contributed by atoms with Crippen molar-refractivity contribution >= 4 is 5.78 Å². The average molecular weight is 223 g/mol. The van der Waals surface area contributed by atoms with Crippen molar-refractivity contribution < 1.29 is 14.6 Å². The van der Waals surface area contributed by atoms with E-state index in [0.29, 0.717) is 11.3 Å². The van der Waals surface area contributed by atoms with Crippen molar-refractivity contribution in [2.45, 2.75) is 39.4 Å². The quantitative estimate of drug-likeness (QED) is 0.791. The molecule has 1 aromatic heterocycles. The van der Waals surface area contributed by atoms with Gasteiger partial charge in [-0.1, -0.05) is 0 Å². The molecule has 1 heterocycles. The van der Waals surface area contributed by atoms with Gasteiger partial charge >= 0.3 is 0 Å². The smallest absolute Gasteiger partial charge is 0.195 e. The van der Waals surface area contributed by atoms with E-state index < -0.39 is 5.60 Å². The molecule has 1 rings (SSSR count). The summed E-state index contributed by atoms with van der Waals surface area (Å²) in [5, 5.41) is 9.59. The number of ether oxygens (including phenoxy) is 1. The van der Waals surface area contributed by atoms with Gasteiger partial charge in [-0.25, -0.2) is 0 Å². The number of Topliss-reactive ketones (excluding diaryl/α,β-unsaturated/α-hetero) is 1. The lowest BCUT2D eigenvalue weighted by molar-refractivity contribution is 0.0487. The maximum Gasteiger partial charge on any atom is 0.195 e. The Kier molecular flexibility index (Phi) is 3.65. The molecule has 88 valence electrons. The summed E-state index contributed by atoms with van der Waals surface area (Å²) in [6.07, 6.45) is 2.99. The predicted octanol–water partition coefficient (Wildman–Crippen LogP) is 1.82. The van der Waals surface area contributed by atoms with Crippen LogP contribution in [0.2, 0.25) is 0 Å². The van der Waals surface area contributed by atoms with E-state index in [1.807, 2.05) is 13.8 Å². The normalized spacial score (nSPS) is 11.6. The summed E-state index contributed by atoms with van der Waals surface area (Å²) in [6, 6.07) is 1.59. The number of pyridine rings is 1. The van der Waals surface area contributed by atoms with E-state index in [-0.39, 0.29) is 11.9 Å². The Morgan fingerprint density at radius 3 is 2.56 bits per heavy atom. The molecule has 0 amide bonds. The van der Waals surface area contributed by atoms with Gasteiger partial charge in [0.25, 0.3) is 0 Å². The maximum absolute atomic E-state index is 11.8. The summed E-state index contributed by atoms with van der Waals surface area (Å²) in [7, 11) is 0. The molecule has 0 saturated carbocycles. The van der Waals surface area contributed by atoms with Gasteiger partial charge in [0.15, 0.2) is 5.78 Å². The van der Waals surface area contributed by atoms with Gasteiger partial charge in [-0.15, -0.1) is 0 Å². The van der Waals surface area contributed by atoms with Gasteiger partial charge in [-0.2, -0.15) is 0 Å². The first kappa shape index (κ1) is 12.6. The molecule has 0 bridgehead atoms. The van der Waals surface area contributed by atoms with E-state index in [1.54, 1.807) is 12.3 Å². The number of aliphatic hydroxyl groups is 1. The number of nitrogens with zero attached hydrogens (tertiary/aromatic N) is 1. The highest BCUT2D eigenvalue weighted by molar-refractivity contribution is 6.01. The van der Waals surface area contributed by atoms with E-state index >= 15 is 0 Å². The third kappa shape index (κ3) is 3.31. The fraction of sp³-hybridized carbons (Fsp3) is 0.500. The molecule has 0 aliphatic carbocycles. The van der Waals surface area contributed by atoms with Crippen molar-refractivity contribution in [2.24, 2.45) is 0 Å². The molecule has 1 N–H and O–H groups in total. The van der Waals surface area contributed by atoms with E-state index in [0.717, 1.165) is 0 Å². The summed E-state index contributed by atoms with van der Waals surface area (Å²) in [5.41, 5.74) is -1.04. The molecule has 4 heteroatoms. The zero-order valence-corrected chi connectivity index (χ0v) is 10.0. The second-order valence-corrected chi connectivity index (χ2v) is 4.46. The first-order chi connectivity index (χ1) is 7.30. The summed E-state index contributed by atoms with van der Waals surface area (Å²) >= 11 is 0. The number of carbonyl (C=O) groups excluding carboxylic acids is 1. The Labute approximate surface area is 95.3 Å². The van der Waals surface area contributed by atoms with Crippen LogP contribution in [0, 0.1) is 0 Å². The van der Waals surface area contributed by atoms with E-state index in [2.05, 4.69) is 4.98 Å². The molecule has 0 unspecified atom stereocenters. The minimum atomic E-state index is -1.39. The molecule has 0 saturated heterocycles. The second-order valence-electron chi connectivity index (χ2n) is 4.46. The van der Waals surface area contributed by atoms with E-state index in [9.17, 15) is 9.90 Å². The topological polar surface area (TPSA) is 59.4 Å². The molecular weight excluding hydrogens is 206 g/mol. The Morgan fingerprint density at radius 2 is 2.06 bits per heavy atom. The fourth-order valence-electron chi connectivity index (χ4n) is 1.23. The third-order valence-corrected chi connectivity index (χ3v) is 1.90. The number of rotatable bonds is 4. The minimum Gasteiger partial charge on any atom is -0.489 e. The van der Waals surface area contributed by atoms with Crippen molar-refractivity contribution in [1.29, 1.82) is 0 Å². The van der Waals surface area contributed by atoms with Crippen molar-refractivity contribution in [3.8, 4) is 5.75 Å². The predicted molar refractivity (Wildman–Crippen MR) is 60.6 cm³/mol. The lowest BCUT2D eigenvalue weighted by atomic mass is 9.98. The summed E-state index contributed by atoms with van der Waals surface area (Å²) in [6.45, 7) is 6.69. The van der Waals surface area contributed by atoms with E-state index in [4.69, 9.17) is 4.74 Å². The van der Waals surface area contributed by atoms with Crippen LogP contribution < -0.4 is 4.74 Å². The van der Waals surface area contributed by atoms with Gasteiger partial charge in [-0.05, 0) is 33.8 Å². The van der Waals surface area contributed by atoms with Crippen LogP contribution in [0.1, 0.15) is 38.1 Å². The van der Waals surface area contributed by atoms with Crippen LogP contribution in [0.3, 0.4) is 0 Å². The van der Waals surface area contributed by atoms with Crippen molar-refractivity contribution in [3.05, 3.63) is 24.0 Å². The molecule has 0 spiro atoms. The van der Waals surface area contributed by atoms with Crippen molar-refractivity contribution in [2.75, 3.05) is 0 Å². The summed E-state index contributed by atoms with van der Waals surface area (Å²) < 4.78 is 5.42. The van der Waals surface area contributed by atoms with Crippen LogP contribution in [0.15, 0.2) is 18.5 Å². The molecule has 4 nitrogen and oxygen atoms in total. The van der Waals surface area contributed by atoms with Crippen LogP contribution in [0.4, 0.5) is 0 Å². The van der Waals surface area contributed by atoms with Gasteiger partial charge in [0.2, 0.25) is 0 Å². The molecule has 0 aromatic carbocycles. The van der Waals surface area contributed by atoms with Crippen LogP contribution in [0.25, 0.3) is 0 Å². The fourth-order valence-corrected chi connectivity index (χ4v) is 1.23. The molecular formula is C12H17NO3. The number of aromatic nitrogens is 1. The molecule has 1 aromatic rings. The standard InChI is InChI=1S/C12H17NO3/c1-8(2)16-10-5-9(6-13-7-10)11(14)12(3,4)15/h5-8,15H,1-4H3. The lowest BCUT2D eigenvalue weighted by Gasteiger charge is -2.16. The lowest BCUT2D eigenvalue weighted by Crippen LogP contribution is -2.31. The monoisotopic (exact) mass is 223 g/mol. The molecule has 0 fully saturated rings. The Hall–Kier alpha value is -1.42. The highest BCUT2D eigenvalue weighted by Gasteiger charge is 2.25. The zero-order chi connectivity index (χ0) is 12.3. The molecule has 0 atom stereocenters. The van der Waals surface area contributed by atoms with Crippen LogP contribution >= 0.6 is 0 Å². The van der Waals surface area contributed by atoms with Crippen LogP contribution in [-0.4, -0.2) is 27.6 Å². The first-order valence-corrected chi connectivity index (χ1v) is 5.19. The summed E-state index contributed by atoms with van der Waals surface area (Å²) in [4.78, 5) is 15.7. The van der Waals surface area contributed by atoms with Crippen LogP contribution in [0.5, 0.6) is 5.75 Å². The highest BCUT2D eigenvalue weighted by Crippen LogP contribution is 2.17. The number of hydrogen-bond donors (Lipinski definition) is 1. The largest absolute Gasteiger partial charge is 0.489 e. The van der Waals surface area contributed by atoms with Gasteiger partial charge in [-0.3, -0.25) is 9.78 Å². The average Bonchev–Trinajstić information content (AvgIpc) is 2.14. The second kappa shape index (κ2) is 4.61. The Balaban J connectivity index is 2.95. The number of carbonyl (C=O) groups is 1. The number of hydrogen-bond acceptors (Lipinski definition) is 4. The summed E-state index contributed by atoms with van der Waals surface area (Å²) in [5.74, 6) is 0.166. The number of ketones is 1. The zero-order valence-electron chi connectivity index (χ0n) is 10.0. The van der Waals surface area contributed by atoms with Crippen LogP contribution in [-0.2, 0) is 0 Å². The van der Waals surface area contributed by atoms with Crippen molar-refractivity contribution in [3.63, 3.8) is 0 Å². The molecule has 0 radical (unpaired) electrons. The third-order valence-electron chi connectivity index (χ3n) is 1.90. The Morgan fingerprint density at radius 1 is 1.44 bits per heavy atom. The van der Waals surface area contributed by atoms with Gasteiger partial charge < -0.3 is 9.84 Å². The SMILES string of the molecule is CC(C)Oc1cncc(C(=O)C(C)(C)O)c1. The van der Waals surface area contributed by atoms with E-state index in [1.165, 1.54) is 20.0 Å². The minimum absolute atomic E-state index is 0.0225. The molecule has 0 aliphatic rings. The molecule has 0 aliphatic heterocycles. The highest BCUT2D eigenvalue weighted by atomic mass is 16.5. The molecule has 16 heavy (non-hydrogen) atoms. The van der Waals surface area contributed by atoms with Gasteiger partial charge in [0, 0.05) is 11.8 Å². The van der Waals surface area contributed by atoms with Gasteiger partial charge in [0.1, 0.15) is 11.4 Å². The van der Waals surface area contributed by atoms with Crippen molar-refractivity contribution in [1.82, 2.24) is 4.98 Å². The first-order valence-electron chi connectivity index (χ1n) is 5.19. The Bertz CT molecular complexity index is 380. The maximum atomic E-state index is 11.8.